The second-order valence-corrected chi connectivity index (χ2v) is 4.81. The molecule has 6 nitrogen and oxygen atoms in total. The minimum Gasteiger partial charge on any atom is -0.436 e. The Balaban J connectivity index is 1.96. The van der Waals surface area contributed by atoms with Crippen LogP contribution in [-0.4, -0.2) is 20.9 Å². The molecule has 0 radical (unpaired) electrons. The summed E-state index contributed by atoms with van der Waals surface area (Å²) in [6.07, 6.45) is 0. The van der Waals surface area contributed by atoms with Crippen molar-refractivity contribution in [1.29, 1.82) is 0 Å². The van der Waals surface area contributed by atoms with E-state index in [0.29, 0.717) is 22.6 Å². The number of nitrogens with one attached hydrogen (secondary N) is 1. The lowest BCUT2D eigenvalue weighted by Gasteiger charge is -2.06. The van der Waals surface area contributed by atoms with Crippen molar-refractivity contribution in [3.05, 3.63) is 46.8 Å². The number of aromatic nitrogens is 3. The van der Waals surface area contributed by atoms with Crippen molar-refractivity contribution in [2.45, 2.75) is 13.8 Å². The molecule has 21 heavy (non-hydrogen) atoms. The van der Waals surface area contributed by atoms with Gasteiger partial charge in [0.25, 0.3) is 5.91 Å². The smallest absolute Gasteiger partial charge is 0.294 e. The number of hydrogen-bond donors (Lipinski definition) is 1. The van der Waals surface area contributed by atoms with Crippen LogP contribution < -0.4 is 5.32 Å². The average molecular weight is 303 g/mol. The van der Waals surface area contributed by atoms with E-state index >= 15 is 0 Å². The molecule has 1 amide bonds. The molecule has 1 N–H and O–H groups in total. The van der Waals surface area contributed by atoms with Crippen molar-refractivity contribution in [2.24, 2.45) is 0 Å². The minimum atomic E-state index is -0.459. The van der Waals surface area contributed by atoms with Gasteiger partial charge in [0.2, 0.25) is 5.76 Å². The van der Waals surface area contributed by atoms with Crippen molar-refractivity contribution in [1.82, 2.24) is 15.0 Å². The monoisotopic (exact) mass is 302 g/mol. The predicted molar refractivity (Wildman–Crippen MR) is 78.5 cm³/mol. The van der Waals surface area contributed by atoms with E-state index in [1.807, 2.05) is 12.1 Å². The number of rotatable bonds is 2. The number of amides is 1. The normalized spacial score (nSPS) is 10.8. The van der Waals surface area contributed by atoms with E-state index in [0.717, 1.165) is 0 Å². The SMILES string of the molecule is Cc1nc(C)c(C(=O)Nc2nc3ccccc3nc2Cl)o1. The van der Waals surface area contributed by atoms with Gasteiger partial charge in [-0.05, 0) is 19.1 Å². The fourth-order valence-corrected chi connectivity index (χ4v) is 2.14. The third-order valence-electron chi connectivity index (χ3n) is 2.87. The van der Waals surface area contributed by atoms with Gasteiger partial charge in [-0.15, -0.1) is 0 Å². The fraction of sp³-hybridized carbons (Fsp3) is 0.143. The number of aryl methyl sites for hydroxylation is 2. The second kappa shape index (κ2) is 5.14. The summed E-state index contributed by atoms with van der Waals surface area (Å²) in [6.45, 7) is 3.37. The number of nitrogens with zero attached hydrogens (tertiary/aromatic N) is 3. The molecule has 0 aliphatic rings. The van der Waals surface area contributed by atoms with Crippen LogP contribution in [0.2, 0.25) is 5.15 Å². The molecule has 2 heterocycles. The molecule has 1 aromatic carbocycles. The lowest BCUT2D eigenvalue weighted by molar-refractivity contribution is 0.0994. The first-order valence-electron chi connectivity index (χ1n) is 6.22. The van der Waals surface area contributed by atoms with Crippen LogP contribution >= 0.6 is 11.6 Å². The number of benzene rings is 1. The number of oxazole rings is 1. The van der Waals surface area contributed by atoms with Crippen molar-refractivity contribution in [2.75, 3.05) is 5.32 Å². The van der Waals surface area contributed by atoms with Crippen LogP contribution in [-0.2, 0) is 0 Å². The van der Waals surface area contributed by atoms with Crippen LogP contribution in [0.15, 0.2) is 28.7 Å². The number of fused-ring (bicyclic) bond motifs is 1. The van der Waals surface area contributed by atoms with Gasteiger partial charge in [0.15, 0.2) is 16.9 Å². The van der Waals surface area contributed by atoms with E-state index in [1.54, 1.807) is 26.0 Å². The Morgan fingerprint density at radius 2 is 1.81 bits per heavy atom. The Hall–Kier alpha value is -2.47. The van der Waals surface area contributed by atoms with Gasteiger partial charge in [0.1, 0.15) is 0 Å². The minimum absolute atomic E-state index is 0.121. The van der Waals surface area contributed by atoms with Crippen molar-refractivity contribution >= 4 is 34.4 Å². The second-order valence-electron chi connectivity index (χ2n) is 4.45. The highest BCUT2D eigenvalue weighted by Crippen LogP contribution is 2.22. The lowest BCUT2D eigenvalue weighted by Crippen LogP contribution is -2.14. The summed E-state index contributed by atoms with van der Waals surface area (Å²) in [5.41, 5.74) is 1.81. The van der Waals surface area contributed by atoms with Gasteiger partial charge in [-0.2, -0.15) is 0 Å². The van der Waals surface area contributed by atoms with Gasteiger partial charge in [-0.1, -0.05) is 23.7 Å². The van der Waals surface area contributed by atoms with Crippen molar-refractivity contribution in [3.63, 3.8) is 0 Å². The Labute approximate surface area is 125 Å². The zero-order valence-electron chi connectivity index (χ0n) is 11.3. The van der Waals surface area contributed by atoms with E-state index in [9.17, 15) is 4.79 Å². The van der Waals surface area contributed by atoms with E-state index < -0.39 is 5.91 Å². The fourth-order valence-electron chi connectivity index (χ4n) is 1.96. The maximum atomic E-state index is 12.2. The largest absolute Gasteiger partial charge is 0.436 e. The van der Waals surface area contributed by atoms with Crippen LogP contribution in [0, 0.1) is 13.8 Å². The maximum absolute atomic E-state index is 12.2. The number of hydrogen-bond acceptors (Lipinski definition) is 5. The average Bonchev–Trinajstić information content (AvgIpc) is 2.78. The quantitative estimate of drug-likeness (QED) is 0.786. The number of anilines is 1. The first kappa shape index (κ1) is 13.5. The molecule has 0 atom stereocenters. The van der Waals surface area contributed by atoms with E-state index in [-0.39, 0.29) is 16.7 Å². The zero-order valence-corrected chi connectivity index (χ0v) is 12.1. The summed E-state index contributed by atoms with van der Waals surface area (Å²) in [5, 5.41) is 2.72. The summed E-state index contributed by atoms with van der Waals surface area (Å²) >= 11 is 6.05. The van der Waals surface area contributed by atoms with Crippen LogP contribution in [0.25, 0.3) is 11.0 Å². The highest BCUT2D eigenvalue weighted by molar-refractivity contribution is 6.32. The topological polar surface area (TPSA) is 80.9 Å². The van der Waals surface area contributed by atoms with Gasteiger partial charge >= 0.3 is 0 Å². The van der Waals surface area contributed by atoms with Gasteiger partial charge in [0, 0.05) is 6.92 Å². The molecule has 0 aliphatic heterocycles. The molecular weight excluding hydrogens is 292 g/mol. The van der Waals surface area contributed by atoms with Gasteiger partial charge in [-0.25, -0.2) is 15.0 Å². The highest BCUT2D eigenvalue weighted by atomic mass is 35.5. The molecule has 0 bridgehead atoms. The summed E-state index contributed by atoms with van der Waals surface area (Å²) in [5.74, 6) is 0.292. The standard InChI is InChI=1S/C14H11ClN4O2/c1-7-11(21-8(2)16-7)14(20)19-13-12(15)17-9-5-3-4-6-10(9)18-13/h3-6H,1-2H3,(H,18,19,20). The molecule has 3 aromatic rings. The van der Waals surface area contributed by atoms with Crippen LogP contribution in [0.4, 0.5) is 5.82 Å². The molecule has 0 fully saturated rings. The maximum Gasteiger partial charge on any atom is 0.294 e. The molecule has 106 valence electrons. The molecule has 0 unspecified atom stereocenters. The first-order chi connectivity index (χ1) is 10.0. The van der Waals surface area contributed by atoms with E-state index in [4.69, 9.17) is 16.0 Å². The van der Waals surface area contributed by atoms with Crippen LogP contribution in [0.3, 0.4) is 0 Å². The van der Waals surface area contributed by atoms with E-state index in [2.05, 4.69) is 20.3 Å². The molecule has 7 heteroatoms. The molecule has 0 saturated heterocycles. The molecule has 2 aromatic heterocycles. The summed E-state index contributed by atoms with van der Waals surface area (Å²) in [6, 6.07) is 7.26. The third kappa shape index (κ3) is 2.57. The Kier molecular flexibility index (Phi) is 3.31. The number of carbonyl (C=O) groups excluding carboxylic acids is 1. The number of halogens is 1. The van der Waals surface area contributed by atoms with E-state index in [1.165, 1.54) is 0 Å². The molecule has 3 rings (SSSR count). The highest BCUT2D eigenvalue weighted by Gasteiger charge is 2.18. The van der Waals surface area contributed by atoms with Crippen molar-refractivity contribution < 1.29 is 9.21 Å². The lowest BCUT2D eigenvalue weighted by atomic mass is 10.3. The summed E-state index contributed by atoms with van der Waals surface area (Å²) in [7, 11) is 0. The summed E-state index contributed by atoms with van der Waals surface area (Å²) in [4.78, 5) is 24.7. The Bertz CT molecular complexity index is 844. The van der Waals surface area contributed by atoms with Crippen LogP contribution in [0.1, 0.15) is 22.1 Å². The first-order valence-corrected chi connectivity index (χ1v) is 6.60. The van der Waals surface area contributed by atoms with Gasteiger partial charge in [-0.3, -0.25) is 4.79 Å². The molecular formula is C14H11ClN4O2. The third-order valence-corrected chi connectivity index (χ3v) is 3.13. The zero-order chi connectivity index (χ0) is 15.0. The van der Waals surface area contributed by atoms with Gasteiger partial charge in [0.05, 0.1) is 16.7 Å². The Morgan fingerprint density at radius 3 is 2.43 bits per heavy atom. The number of carbonyl (C=O) groups is 1. The Morgan fingerprint density at radius 1 is 1.14 bits per heavy atom. The summed E-state index contributed by atoms with van der Waals surface area (Å²) < 4.78 is 5.26. The van der Waals surface area contributed by atoms with Crippen molar-refractivity contribution in [3.8, 4) is 0 Å². The van der Waals surface area contributed by atoms with Gasteiger partial charge < -0.3 is 9.73 Å². The predicted octanol–water partition coefficient (Wildman–Crippen LogP) is 3.14. The van der Waals surface area contributed by atoms with Crippen LogP contribution in [0.5, 0.6) is 0 Å². The molecule has 0 aliphatic carbocycles. The number of para-hydroxylation sites is 2. The molecule has 0 spiro atoms. The molecule has 0 saturated carbocycles.